The van der Waals surface area contributed by atoms with Crippen LogP contribution in [0.2, 0.25) is 0 Å². The summed E-state index contributed by atoms with van der Waals surface area (Å²) in [6, 6.07) is 85.4. The molecular formula is C110H78N2O21S. The predicted molar refractivity (Wildman–Crippen MR) is 496 cm³/mol. The maximum atomic E-state index is 17.0. The number of epoxide rings is 4. The standard InChI is InChI=1S/C110H78N2O21S/c113-105-85-53-90(130-73-35-27-69(28-36-73)126-77-21-7-17-65(45-77)49-81-59-120-81)97-99-92(132-75-39-31-71(32-40-75)128-79-23-9-19-67(47-79)51-83-61-122-83)55-87-96-88(108(116)112(107(87)115)104(94-26-12-44-134-94)110(118)125-58-64-15-5-2-6-16-64)56-93(133-76-41-33-72(34-42-76)129-80-24-10-20-68(48-80)52-84-62-123-84)100(102(96)99)98-91(131-74-37-29-70(30-38-74)127-78-22-8-18-66(46-78)50-82-60-121-82)54-86(95(85)101(97)98)106(114)111(105)103(89-25-11-43-119-89)109(117)124-57-63-13-3-1-4-14-63/h1-48,53-56,81-84,103-104H,49-52,57-62H2. The Balaban J connectivity index is 0.776. The summed E-state index contributed by atoms with van der Waals surface area (Å²) in [6.07, 6.45) is 4.70. The molecule has 0 saturated carbocycles. The van der Waals surface area contributed by atoms with Gasteiger partial charge < -0.3 is 70.7 Å². The molecule has 0 radical (unpaired) electrons. The van der Waals surface area contributed by atoms with Gasteiger partial charge in [0.05, 0.1) is 79.4 Å². The van der Waals surface area contributed by atoms with Crippen LogP contribution in [-0.2, 0) is 76.9 Å². The average Bonchev–Trinajstić information content (AvgIpc) is 0.847. The molecule has 4 amide bonds. The smallest absolute Gasteiger partial charge is 0.337 e. The van der Waals surface area contributed by atoms with Gasteiger partial charge in [0.2, 0.25) is 0 Å². The third kappa shape index (κ3) is 17.1. The first-order valence-electron chi connectivity index (χ1n) is 44.0. The molecule has 15 aromatic carbocycles. The average molecular weight is 1800 g/mol. The molecular weight excluding hydrogens is 1720 g/mol. The van der Waals surface area contributed by atoms with Crippen molar-refractivity contribution in [2.75, 3.05) is 26.4 Å². The molecule has 8 heterocycles. The Kier molecular flexibility index (Phi) is 21.6. The van der Waals surface area contributed by atoms with E-state index in [1.165, 1.54) is 42.7 Å². The molecule has 6 aliphatic heterocycles. The quantitative estimate of drug-likeness (QED) is 0.0119. The number of nitrogens with zero attached hydrogens (tertiary/aromatic N) is 2. The van der Waals surface area contributed by atoms with Crippen LogP contribution in [0.25, 0.3) is 43.1 Å². The van der Waals surface area contributed by atoms with Crippen molar-refractivity contribution in [3.8, 4) is 92.0 Å². The molecule has 23 nitrogen and oxygen atoms in total. The number of hydrogen-bond acceptors (Lipinski definition) is 22. The lowest BCUT2D eigenvalue weighted by molar-refractivity contribution is -0.151. The zero-order valence-corrected chi connectivity index (χ0v) is 72.2. The van der Waals surface area contributed by atoms with E-state index in [4.69, 9.17) is 70.7 Å². The van der Waals surface area contributed by atoms with Gasteiger partial charge in [0, 0.05) is 73.7 Å². The number of furan rings is 1. The van der Waals surface area contributed by atoms with Crippen LogP contribution in [0, 0.1) is 0 Å². The molecule has 24 heteroatoms. The largest absolute Gasteiger partial charge is 0.466 e. The van der Waals surface area contributed by atoms with Crippen LogP contribution in [0.3, 0.4) is 0 Å². The van der Waals surface area contributed by atoms with Crippen LogP contribution in [0.5, 0.6) is 92.0 Å². The summed E-state index contributed by atoms with van der Waals surface area (Å²) >= 11 is 1.15. The van der Waals surface area contributed by atoms with Crippen molar-refractivity contribution < 1.29 is 99.5 Å². The Labute approximate surface area is 769 Å². The van der Waals surface area contributed by atoms with E-state index in [1.54, 1.807) is 151 Å². The highest BCUT2D eigenvalue weighted by Gasteiger charge is 2.49. The minimum atomic E-state index is -1.85. The normalized spacial score (nSPS) is 16.6. The van der Waals surface area contributed by atoms with Crippen LogP contribution in [0.1, 0.15) is 97.5 Å². The summed E-state index contributed by atoms with van der Waals surface area (Å²) in [5, 5.41) is 2.73. The van der Waals surface area contributed by atoms with E-state index < -0.39 is 47.7 Å². The number of carbonyl (C=O) groups excluding carboxylic acids is 6. The Morgan fingerprint density at radius 3 is 0.866 bits per heavy atom. The fourth-order valence-corrected chi connectivity index (χ4v) is 18.4. The highest BCUT2D eigenvalue weighted by molar-refractivity contribution is 7.10. The zero-order chi connectivity index (χ0) is 90.0. The third-order valence-corrected chi connectivity index (χ3v) is 25.1. The number of benzene rings is 15. The Hall–Kier alpha value is -16.0. The Bertz CT molecular complexity index is 6650. The van der Waals surface area contributed by atoms with Crippen molar-refractivity contribution in [2.45, 2.75) is 75.4 Å². The Morgan fingerprint density at radius 2 is 0.582 bits per heavy atom. The van der Waals surface area contributed by atoms with Crippen molar-refractivity contribution in [2.24, 2.45) is 0 Å². The molecule has 134 heavy (non-hydrogen) atoms. The van der Waals surface area contributed by atoms with Gasteiger partial charge in [-0.05, 0) is 227 Å². The van der Waals surface area contributed by atoms with Crippen LogP contribution < -0.4 is 37.9 Å². The molecule has 0 N–H and O–H groups in total. The second-order valence-corrected chi connectivity index (χ2v) is 34.6. The first-order chi connectivity index (χ1) is 65.8. The lowest BCUT2D eigenvalue weighted by Crippen LogP contribution is -2.46. The van der Waals surface area contributed by atoms with Crippen molar-refractivity contribution >= 4 is 90.0 Å². The number of carbonyl (C=O) groups is 6. The highest BCUT2D eigenvalue weighted by Crippen LogP contribution is 2.59. The van der Waals surface area contributed by atoms with Gasteiger partial charge in [-0.3, -0.25) is 29.0 Å². The minimum Gasteiger partial charge on any atom is -0.466 e. The summed E-state index contributed by atoms with van der Waals surface area (Å²) in [6.45, 7) is 2.26. The van der Waals surface area contributed by atoms with Crippen molar-refractivity contribution in [3.05, 3.63) is 381 Å². The van der Waals surface area contributed by atoms with Crippen molar-refractivity contribution in [1.29, 1.82) is 0 Å². The molecule has 2 aromatic heterocycles. The molecule has 4 fully saturated rings. The molecule has 0 aliphatic carbocycles. The third-order valence-electron chi connectivity index (χ3n) is 24.2. The highest BCUT2D eigenvalue weighted by atomic mass is 32.1. The summed E-state index contributed by atoms with van der Waals surface area (Å²) < 4.78 is 96.7. The summed E-state index contributed by atoms with van der Waals surface area (Å²) in [4.78, 5) is 101. The maximum absolute atomic E-state index is 17.0. The number of imide groups is 2. The first-order valence-corrected chi connectivity index (χ1v) is 44.9. The van der Waals surface area contributed by atoms with Crippen LogP contribution in [0.4, 0.5) is 0 Å². The molecule has 4 saturated heterocycles. The lowest BCUT2D eigenvalue weighted by atomic mass is 9.80. The van der Waals surface area contributed by atoms with Gasteiger partial charge >= 0.3 is 11.9 Å². The molecule has 6 unspecified atom stereocenters. The van der Waals surface area contributed by atoms with E-state index in [0.29, 0.717) is 114 Å². The van der Waals surface area contributed by atoms with E-state index in [9.17, 15) is 0 Å². The fourth-order valence-electron chi connectivity index (χ4n) is 17.6. The van der Waals surface area contributed by atoms with Gasteiger partial charge in [-0.2, -0.15) is 0 Å². The van der Waals surface area contributed by atoms with Gasteiger partial charge in [0.1, 0.15) is 111 Å². The second-order valence-electron chi connectivity index (χ2n) is 33.6. The summed E-state index contributed by atoms with van der Waals surface area (Å²) in [5.74, 6) is -1.15. The van der Waals surface area contributed by atoms with Gasteiger partial charge in [-0.1, -0.05) is 115 Å². The molecule has 0 bridgehead atoms. The van der Waals surface area contributed by atoms with Crippen molar-refractivity contribution in [3.63, 3.8) is 0 Å². The number of ether oxygens (including phenoxy) is 14. The van der Waals surface area contributed by atoms with E-state index in [1.807, 2.05) is 121 Å². The molecule has 17 aromatic rings. The molecule has 660 valence electrons. The topological polar surface area (TPSA) is 264 Å². The summed E-state index contributed by atoms with van der Waals surface area (Å²) in [7, 11) is 0. The molecule has 0 spiro atoms. The second kappa shape index (κ2) is 35.1. The number of hydrogen-bond donors (Lipinski definition) is 0. The number of rotatable bonds is 34. The van der Waals surface area contributed by atoms with E-state index in [2.05, 4.69) is 0 Å². The maximum Gasteiger partial charge on any atom is 0.337 e. The lowest BCUT2D eigenvalue weighted by Gasteiger charge is -2.35. The number of esters is 2. The fraction of sp³-hybridized carbons (Fsp3) is 0.145. The van der Waals surface area contributed by atoms with Gasteiger partial charge in [-0.15, -0.1) is 11.3 Å². The molecule has 6 atom stereocenters. The van der Waals surface area contributed by atoms with Crippen LogP contribution >= 0.6 is 11.3 Å². The van der Waals surface area contributed by atoms with E-state index in [0.717, 1.165) is 43.4 Å². The summed E-state index contributed by atoms with van der Waals surface area (Å²) in [5.41, 5.74) is 4.87. The SMILES string of the molecule is O=C(OCc1ccccc1)C(c1ccco1)N1C(=O)c2cc(Oc3ccc(Oc4cccc(CC5CO5)c4)cc3)c3c4c(Oc5ccc(Oc6cccc(CC7CO7)c6)cc5)cc5c6c(cc(Oc7ccc(Oc8cccc(CC9CO9)c8)cc7)c(c7c(Oc8ccc(Oc9cccc(CC%10CO%10)c9)cc8)cc(c2c37)C1=O)c64)C(=O)N(C(C(=O)OCc1ccccc1)c1cccs1)C5=O. The van der Waals surface area contributed by atoms with E-state index >= 15 is 28.8 Å². The van der Waals surface area contributed by atoms with Crippen LogP contribution in [-0.4, -0.2) is 96.2 Å². The number of thiophene rings is 1. The van der Waals surface area contributed by atoms with Gasteiger partial charge in [0.15, 0.2) is 12.1 Å². The number of amides is 4. The first kappa shape index (κ1) is 82.5. The minimum absolute atomic E-state index is 0.0442. The van der Waals surface area contributed by atoms with Crippen molar-refractivity contribution in [1.82, 2.24) is 9.80 Å². The monoisotopic (exact) mass is 1790 g/mol. The molecule has 23 rings (SSSR count). The van der Waals surface area contributed by atoms with Gasteiger partial charge in [-0.25, -0.2) is 9.59 Å². The Morgan fingerprint density at radius 1 is 0.291 bits per heavy atom. The van der Waals surface area contributed by atoms with E-state index in [-0.39, 0.29) is 155 Å². The van der Waals surface area contributed by atoms with Gasteiger partial charge in [0.25, 0.3) is 23.6 Å². The van der Waals surface area contributed by atoms with Crippen LogP contribution in [0.15, 0.2) is 319 Å². The zero-order valence-electron chi connectivity index (χ0n) is 71.4. The number of fused-ring (bicyclic) bond motifs is 2. The predicted octanol–water partition coefficient (Wildman–Crippen LogP) is 23.7. The molecule has 6 aliphatic rings.